The molecular formula is C9H11NO2S. The Kier molecular flexibility index (Phi) is 2.61. The van der Waals surface area contributed by atoms with E-state index in [1.807, 2.05) is 13.8 Å². The van der Waals surface area contributed by atoms with E-state index in [0.717, 1.165) is 0 Å². The average Bonchev–Trinajstić information content (AvgIpc) is 2.03. The molecule has 0 aliphatic rings. The van der Waals surface area contributed by atoms with Crippen molar-refractivity contribution in [2.75, 3.05) is 0 Å². The molecule has 13 heavy (non-hydrogen) atoms. The largest absolute Gasteiger partial charge is 0.273 e. The minimum Gasteiger partial charge on any atom is -0.258 e. The third-order valence-corrected chi connectivity index (χ3v) is 2.00. The molecule has 0 aromatic heterocycles. The first kappa shape index (κ1) is 10.1. The molecular weight excluding hydrogens is 186 g/mol. The number of nitrogens with zero attached hydrogens (tertiary/aromatic N) is 1. The smallest absolute Gasteiger partial charge is 0.258 e. The van der Waals surface area contributed by atoms with Crippen LogP contribution in [-0.2, 0) is 4.75 Å². The highest BCUT2D eigenvalue weighted by Gasteiger charge is 2.24. The van der Waals surface area contributed by atoms with Crippen molar-refractivity contribution < 1.29 is 4.92 Å². The van der Waals surface area contributed by atoms with Crippen LogP contribution in [0.3, 0.4) is 0 Å². The van der Waals surface area contributed by atoms with Crippen LogP contribution in [0, 0.1) is 10.1 Å². The molecule has 0 heterocycles. The molecule has 0 aliphatic carbocycles. The van der Waals surface area contributed by atoms with Crippen molar-refractivity contribution in [3.05, 3.63) is 39.9 Å². The standard InChI is InChI=1S/C9H11NO2S/c1-9(2,13)7-5-3-4-6-8(7)10(11)12/h3-6,13H,1-2H3. The van der Waals surface area contributed by atoms with Gasteiger partial charge in [0.2, 0.25) is 0 Å². The molecule has 0 amide bonds. The van der Waals surface area contributed by atoms with E-state index in [0.29, 0.717) is 5.56 Å². The van der Waals surface area contributed by atoms with E-state index in [1.165, 1.54) is 6.07 Å². The summed E-state index contributed by atoms with van der Waals surface area (Å²) >= 11 is 4.30. The maximum absolute atomic E-state index is 10.6. The van der Waals surface area contributed by atoms with Gasteiger partial charge in [0.1, 0.15) is 0 Å². The molecule has 0 spiro atoms. The van der Waals surface area contributed by atoms with Crippen molar-refractivity contribution in [2.24, 2.45) is 0 Å². The molecule has 0 unspecified atom stereocenters. The van der Waals surface area contributed by atoms with E-state index in [2.05, 4.69) is 12.6 Å². The summed E-state index contributed by atoms with van der Waals surface area (Å²) in [6.45, 7) is 3.66. The number of nitro benzene ring substituents is 1. The Morgan fingerprint density at radius 2 is 1.92 bits per heavy atom. The Balaban J connectivity index is 3.28. The second kappa shape index (κ2) is 3.38. The molecule has 0 saturated heterocycles. The summed E-state index contributed by atoms with van der Waals surface area (Å²) in [6.07, 6.45) is 0. The lowest BCUT2D eigenvalue weighted by Crippen LogP contribution is -2.10. The predicted octanol–water partition coefficient (Wildman–Crippen LogP) is 2.76. The maximum Gasteiger partial charge on any atom is 0.273 e. The molecule has 0 saturated carbocycles. The van der Waals surface area contributed by atoms with Crippen LogP contribution >= 0.6 is 12.6 Å². The van der Waals surface area contributed by atoms with E-state index < -0.39 is 4.75 Å². The molecule has 0 radical (unpaired) electrons. The van der Waals surface area contributed by atoms with E-state index in [4.69, 9.17) is 0 Å². The molecule has 1 aromatic rings. The Bertz CT molecular complexity index is 331. The van der Waals surface area contributed by atoms with Crippen LogP contribution in [0.15, 0.2) is 24.3 Å². The molecule has 1 rings (SSSR count). The van der Waals surface area contributed by atoms with Crippen LogP contribution in [-0.4, -0.2) is 4.92 Å². The number of hydrogen-bond donors (Lipinski definition) is 1. The number of para-hydroxylation sites is 1. The topological polar surface area (TPSA) is 43.1 Å². The average molecular weight is 197 g/mol. The molecule has 70 valence electrons. The Labute approximate surface area is 82.3 Å². The van der Waals surface area contributed by atoms with Gasteiger partial charge in [0.05, 0.1) is 4.92 Å². The molecule has 0 atom stereocenters. The molecule has 0 bridgehead atoms. The van der Waals surface area contributed by atoms with Crippen molar-refractivity contribution in [1.29, 1.82) is 0 Å². The first-order chi connectivity index (χ1) is 5.93. The second-order valence-corrected chi connectivity index (χ2v) is 4.45. The minimum atomic E-state index is -0.482. The van der Waals surface area contributed by atoms with Crippen molar-refractivity contribution in [2.45, 2.75) is 18.6 Å². The predicted molar refractivity (Wildman–Crippen MR) is 55.1 cm³/mol. The van der Waals surface area contributed by atoms with Gasteiger partial charge in [-0.2, -0.15) is 12.6 Å². The van der Waals surface area contributed by atoms with Gasteiger partial charge < -0.3 is 0 Å². The lowest BCUT2D eigenvalue weighted by Gasteiger charge is -2.17. The molecule has 0 N–H and O–H groups in total. The number of nitro groups is 1. The van der Waals surface area contributed by atoms with Gasteiger partial charge in [-0.3, -0.25) is 10.1 Å². The third kappa shape index (κ3) is 2.21. The van der Waals surface area contributed by atoms with Crippen molar-refractivity contribution >= 4 is 18.3 Å². The van der Waals surface area contributed by atoms with Crippen LogP contribution in [0.25, 0.3) is 0 Å². The normalized spacial score (nSPS) is 11.3. The van der Waals surface area contributed by atoms with Crippen LogP contribution < -0.4 is 0 Å². The van der Waals surface area contributed by atoms with E-state index in [-0.39, 0.29) is 10.6 Å². The van der Waals surface area contributed by atoms with Crippen molar-refractivity contribution in [3.8, 4) is 0 Å². The highest BCUT2D eigenvalue weighted by atomic mass is 32.1. The van der Waals surface area contributed by atoms with Gasteiger partial charge in [-0.1, -0.05) is 18.2 Å². The summed E-state index contributed by atoms with van der Waals surface area (Å²) in [5, 5.41) is 10.6. The van der Waals surface area contributed by atoms with E-state index in [1.54, 1.807) is 18.2 Å². The Morgan fingerprint density at radius 1 is 1.38 bits per heavy atom. The number of thiol groups is 1. The zero-order valence-corrected chi connectivity index (χ0v) is 8.41. The van der Waals surface area contributed by atoms with Gasteiger partial charge in [-0.05, 0) is 13.8 Å². The third-order valence-electron chi connectivity index (χ3n) is 1.76. The first-order valence-electron chi connectivity index (χ1n) is 3.89. The van der Waals surface area contributed by atoms with Crippen LogP contribution in [0.1, 0.15) is 19.4 Å². The molecule has 1 aromatic carbocycles. The maximum atomic E-state index is 10.6. The van der Waals surface area contributed by atoms with Gasteiger partial charge in [-0.25, -0.2) is 0 Å². The summed E-state index contributed by atoms with van der Waals surface area (Å²) in [5.74, 6) is 0. The number of benzene rings is 1. The van der Waals surface area contributed by atoms with Crippen molar-refractivity contribution in [3.63, 3.8) is 0 Å². The SMILES string of the molecule is CC(C)(S)c1ccccc1[N+](=O)[O-]. The van der Waals surface area contributed by atoms with Gasteiger partial charge in [0.15, 0.2) is 0 Å². The van der Waals surface area contributed by atoms with E-state index >= 15 is 0 Å². The van der Waals surface area contributed by atoms with Gasteiger partial charge in [-0.15, -0.1) is 0 Å². The number of hydrogen-bond acceptors (Lipinski definition) is 3. The Morgan fingerprint density at radius 3 is 2.31 bits per heavy atom. The highest BCUT2D eigenvalue weighted by Crippen LogP contribution is 2.33. The van der Waals surface area contributed by atoms with E-state index in [9.17, 15) is 10.1 Å². The molecule has 0 aliphatic heterocycles. The summed E-state index contributed by atoms with van der Waals surface area (Å²) in [5.41, 5.74) is 0.769. The summed E-state index contributed by atoms with van der Waals surface area (Å²) in [4.78, 5) is 10.3. The lowest BCUT2D eigenvalue weighted by molar-refractivity contribution is -0.385. The first-order valence-corrected chi connectivity index (χ1v) is 4.34. The lowest BCUT2D eigenvalue weighted by atomic mass is 10.0. The summed E-state index contributed by atoms with van der Waals surface area (Å²) in [7, 11) is 0. The van der Waals surface area contributed by atoms with Gasteiger partial charge in [0.25, 0.3) is 5.69 Å². The zero-order valence-electron chi connectivity index (χ0n) is 7.52. The zero-order chi connectivity index (χ0) is 10.1. The fourth-order valence-corrected chi connectivity index (χ4v) is 1.34. The van der Waals surface area contributed by atoms with Crippen LogP contribution in [0.4, 0.5) is 5.69 Å². The fraction of sp³-hybridized carbons (Fsp3) is 0.333. The molecule has 3 nitrogen and oxygen atoms in total. The Hall–Kier alpha value is -1.03. The van der Waals surface area contributed by atoms with Crippen molar-refractivity contribution in [1.82, 2.24) is 0 Å². The molecule has 0 fully saturated rings. The summed E-state index contributed by atoms with van der Waals surface area (Å²) in [6, 6.07) is 6.65. The van der Waals surface area contributed by atoms with Crippen LogP contribution in [0.5, 0.6) is 0 Å². The minimum absolute atomic E-state index is 0.127. The van der Waals surface area contributed by atoms with Crippen LogP contribution in [0.2, 0.25) is 0 Å². The fourth-order valence-electron chi connectivity index (χ4n) is 1.15. The van der Waals surface area contributed by atoms with Gasteiger partial charge >= 0.3 is 0 Å². The highest BCUT2D eigenvalue weighted by molar-refractivity contribution is 7.81. The summed E-state index contributed by atoms with van der Waals surface area (Å²) < 4.78 is -0.482. The van der Waals surface area contributed by atoms with Gasteiger partial charge in [0, 0.05) is 16.4 Å². The number of rotatable bonds is 2. The monoisotopic (exact) mass is 197 g/mol. The molecule has 4 heteroatoms. The quantitative estimate of drug-likeness (QED) is 0.450. The second-order valence-electron chi connectivity index (χ2n) is 3.33.